The molecule has 0 heterocycles. The van der Waals surface area contributed by atoms with Gasteiger partial charge in [0.15, 0.2) is 0 Å². The van der Waals surface area contributed by atoms with Crippen molar-refractivity contribution in [3.05, 3.63) is 90.0 Å². The van der Waals surface area contributed by atoms with Crippen molar-refractivity contribution in [1.82, 2.24) is 10.2 Å². The van der Waals surface area contributed by atoms with Crippen molar-refractivity contribution < 1.29 is 14.3 Å². The Morgan fingerprint density at radius 3 is 2.28 bits per heavy atom. The number of amides is 1. The highest BCUT2D eigenvalue weighted by atomic mass is 16.5. The second-order valence-electron chi connectivity index (χ2n) is 6.89. The molecule has 3 aromatic rings. The van der Waals surface area contributed by atoms with E-state index in [1.807, 2.05) is 80.8 Å². The van der Waals surface area contributed by atoms with Gasteiger partial charge in [-0.1, -0.05) is 42.5 Å². The third kappa shape index (κ3) is 6.36. The Bertz CT molecular complexity index is 909. The smallest absolute Gasteiger partial charge is 0.255 e. The summed E-state index contributed by atoms with van der Waals surface area (Å²) in [5.74, 6) is 1.87. The van der Waals surface area contributed by atoms with E-state index in [4.69, 9.17) is 9.47 Å². The van der Waals surface area contributed by atoms with Crippen molar-refractivity contribution in [2.45, 2.75) is 6.54 Å². The van der Waals surface area contributed by atoms with E-state index in [1.54, 1.807) is 12.1 Å². The van der Waals surface area contributed by atoms with Gasteiger partial charge < -0.3 is 19.7 Å². The Labute approximate surface area is 171 Å². The number of benzene rings is 3. The first kappa shape index (κ1) is 20.4. The van der Waals surface area contributed by atoms with Crippen LogP contribution in [0.25, 0.3) is 0 Å². The standard InChI is InChI=1S/C24H26N2O3/c1-26(2)16-17-28-20-14-12-19(13-15-20)18-25-24(27)22-10-6-7-11-23(22)29-21-8-4-3-5-9-21/h3-15H,16-18H2,1-2H3,(H,25,27). The molecule has 3 rings (SSSR count). The fraction of sp³-hybridized carbons (Fsp3) is 0.208. The lowest BCUT2D eigenvalue weighted by Crippen LogP contribution is -2.23. The van der Waals surface area contributed by atoms with Crippen LogP contribution in [0.2, 0.25) is 0 Å². The summed E-state index contributed by atoms with van der Waals surface area (Å²) >= 11 is 0. The number of rotatable bonds is 9. The SMILES string of the molecule is CN(C)CCOc1ccc(CNC(=O)c2ccccc2Oc2ccccc2)cc1. The Hall–Kier alpha value is -3.31. The molecule has 5 nitrogen and oxygen atoms in total. The molecule has 3 aromatic carbocycles. The number of hydrogen-bond donors (Lipinski definition) is 1. The van der Waals surface area contributed by atoms with Crippen LogP contribution in [-0.4, -0.2) is 38.1 Å². The first-order valence-corrected chi connectivity index (χ1v) is 9.58. The second-order valence-corrected chi connectivity index (χ2v) is 6.89. The molecular formula is C24H26N2O3. The predicted molar refractivity (Wildman–Crippen MR) is 115 cm³/mol. The van der Waals surface area contributed by atoms with Gasteiger partial charge in [-0.3, -0.25) is 4.79 Å². The summed E-state index contributed by atoms with van der Waals surface area (Å²) in [6.07, 6.45) is 0. The summed E-state index contributed by atoms with van der Waals surface area (Å²) in [6, 6.07) is 24.4. The van der Waals surface area contributed by atoms with Crippen LogP contribution in [0.15, 0.2) is 78.9 Å². The predicted octanol–water partition coefficient (Wildman–Crippen LogP) is 4.35. The molecule has 0 atom stereocenters. The maximum atomic E-state index is 12.7. The number of para-hydroxylation sites is 2. The Morgan fingerprint density at radius 2 is 1.55 bits per heavy atom. The molecule has 0 saturated heterocycles. The average Bonchev–Trinajstić information content (AvgIpc) is 2.74. The van der Waals surface area contributed by atoms with E-state index in [-0.39, 0.29) is 5.91 Å². The number of nitrogens with zero attached hydrogens (tertiary/aromatic N) is 1. The van der Waals surface area contributed by atoms with E-state index < -0.39 is 0 Å². The zero-order chi connectivity index (χ0) is 20.5. The van der Waals surface area contributed by atoms with E-state index in [2.05, 4.69) is 10.2 Å². The number of carbonyl (C=O) groups excluding carboxylic acids is 1. The van der Waals surface area contributed by atoms with Crippen molar-refractivity contribution in [3.8, 4) is 17.2 Å². The van der Waals surface area contributed by atoms with E-state index in [0.717, 1.165) is 17.9 Å². The zero-order valence-electron chi connectivity index (χ0n) is 16.8. The van der Waals surface area contributed by atoms with Crippen LogP contribution in [-0.2, 0) is 6.54 Å². The maximum Gasteiger partial charge on any atom is 0.255 e. The first-order valence-electron chi connectivity index (χ1n) is 9.58. The summed E-state index contributed by atoms with van der Waals surface area (Å²) < 4.78 is 11.6. The number of carbonyl (C=O) groups is 1. The fourth-order valence-electron chi connectivity index (χ4n) is 2.69. The zero-order valence-corrected chi connectivity index (χ0v) is 16.8. The summed E-state index contributed by atoms with van der Waals surface area (Å²) in [4.78, 5) is 14.8. The van der Waals surface area contributed by atoms with Crippen LogP contribution in [0.3, 0.4) is 0 Å². The highest BCUT2D eigenvalue weighted by Crippen LogP contribution is 2.25. The summed E-state index contributed by atoms with van der Waals surface area (Å²) in [5.41, 5.74) is 1.50. The molecule has 1 N–H and O–H groups in total. The number of nitrogens with one attached hydrogen (secondary N) is 1. The topological polar surface area (TPSA) is 50.8 Å². The van der Waals surface area contributed by atoms with Gasteiger partial charge >= 0.3 is 0 Å². The number of likely N-dealkylation sites (N-methyl/N-ethyl adjacent to an activating group) is 1. The van der Waals surface area contributed by atoms with Crippen LogP contribution in [0.4, 0.5) is 0 Å². The molecule has 1 amide bonds. The van der Waals surface area contributed by atoms with E-state index in [0.29, 0.717) is 30.2 Å². The monoisotopic (exact) mass is 390 g/mol. The lowest BCUT2D eigenvalue weighted by atomic mass is 10.1. The quantitative estimate of drug-likeness (QED) is 0.590. The molecule has 5 heteroatoms. The van der Waals surface area contributed by atoms with Crippen LogP contribution < -0.4 is 14.8 Å². The lowest BCUT2D eigenvalue weighted by molar-refractivity contribution is 0.0948. The minimum Gasteiger partial charge on any atom is -0.492 e. The highest BCUT2D eigenvalue weighted by molar-refractivity contribution is 5.96. The second kappa shape index (κ2) is 10.3. The maximum absolute atomic E-state index is 12.7. The molecule has 0 aliphatic carbocycles. The molecule has 0 aliphatic heterocycles. The van der Waals surface area contributed by atoms with E-state index in [9.17, 15) is 4.79 Å². The molecular weight excluding hydrogens is 364 g/mol. The Kier molecular flexibility index (Phi) is 7.25. The van der Waals surface area contributed by atoms with Gasteiger partial charge in [-0.15, -0.1) is 0 Å². The van der Waals surface area contributed by atoms with Gasteiger partial charge in [0.05, 0.1) is 5.56 Å². The van der Waals surface area contributed by atoms with Crippen LogP contribution in [0.5, 0.6) is 17.2 Å². The van der Waals surface area contributed by atoms with Crippen molar-refractivity contribution in [2.24, 2.45) is 0 Å². The Morgan fingerprint density at radius 1 is 0.862 bits per heavy atom. The molecule has 0 spiro atoms. The van der Waals surface area contributed by atoms with Crippen molar-refractivity contribution >= 4 is 5.91 Å². The normalized spacial score (nSPS) is 10.6. The molecule has 0 fully saturated rings. The minimum atomic E-state index is -0.178. The van der Waals surface area contributed by atoms with Gasteiger partial charge in [-0.25, -0.2) is 0 Å². The van der Waals surface area contributed by atoms with Gasteiger partial charge in [0, 0.05) is 13.1 Å². The average molecular weight is 390 g/mol. The largest absolute Gasteiger partial charge is 0.492 e. The summed E-state index contributed by atoms with van der Waals surface area (Å²) in [6.45, 7) is 1.93. The van der Waals surface area contributed by atoms with Crippen molar-refractivity contribution in [3.63, 3.8) is 0 Å². The molecule has 0 aliphatic rings. The molecule has 150 valence electrons. The third-order valence-electron chi connectivity index (χ3n) is 4.29. The van der Waals surface area contributed by atoms with Crippen molar-refractivity contribution in [1.29, 1.82) is 0 Å². The number of hydrogen-bond acceptors (Lipinski definition) is 4. The molecule has 0 unspecified atom stereocenters. The molecule has 0 saturated carbocycles. The lowest BCUT2D eigenvalue weighted by Gasteiger charge is -2.12. The van der Waals surface area contributed by atoms with Gasteiger partial charge in [-0.05, 0) is 56.1 Å². The molecule has 0 bridgehead atoms. The summed E-state index contributed by atoms with van der Waals surface area (Å²) in [7, 11) is 4.02. The van der Waals surface area contributed by atoms with Gasteiger partial charge in [-0.2, -0.15) is 0 Å². The van der Waals surface area contributed by atoms with Gasteiger partial charge in [0.1, 0.15) is 23.9 Å². The molecule has 29 heavy (non-hydrogen) atoms. The Balaban J connectivity index is 1.57. The van der Waals surface area contributed by atoms with Gasteiger partial charge in [0.2, 0.25) is 0 Å². The summed E-state index contributed by atoms with van der Waals surface area (Å²) in [5, 5.41) is 2.95. The first-order chi connectivity index (χ1) is 14.1. The van der Waals surface area contributed by atoms with E-state index in [1.165, 1.54) is 0 Å². The molecule has 0 radical (unpaired) electrons. The highest BCUT2D eigenvalue weighted by Gasteiger charge is 2.12. The van der Waals surface area contributed by atoms with Crippen LogP contribution in [0, 0.1) is 0 Å². The number of ether oxygens (including phenoxy) is 2. The van der Waals surface area contributed by atoms with Gasteiger partial charge in [0.25, 0.3) is 5.91 Å². The fourth-order valence-corrected chi connectivity index (χ4v) is 2.69. The van der Waals surface area contributed by atoms with Crippen molar-refractivity contribution in [2.75, 3.05) is 27.2 Å². The van der Waals surface area contributed by atoms with Crippen LogP contribution in [0.1, 0.15) is 15.9 Å². The van der Waals surface area contributed by atoms with Crippen LogP contribution >= 0.6 is 0 Å². The minimum absolute atomic E-state index is 0.178. The molecule has 0 aromatic heterocycles. The third-order valence-corrected chi connectivity index (χ3v) is 4.29. The van der Waals surface area contributed by atoms with E-state index >= 15 is 0 Å².